The van der Waals surface area contributed by atoms with Crippen molar-refractivity contribution in [2.24, 2.45) is 5.73 Å². The molecule has 1 aromatic carbocycles. The third kappa shape index (κ3) is 9.64. The van der Waals surface area contributed by atoms with Crippen molar-refractivity contribution < 1.29 is 44.4 Å². The number of carboxylic acid groups (broad SMARTS) is 2. The Kier molecular flexibility index (Phi) is 11.8. The van der Waals surface area contributed by atoms with Gasteiger partial charge in [0.05, 0.1) is 12.6 Å². The normalized spacial score (nSPS) is 14.2. The van der Waals surface area contributed by atoms with Crippen LogP contribution in [-0.2, 0) is 30.4 Å². The highest BCUT2D eigenvalue weighted by Crippen LogP contribution is 2.11. The highest BCUT2D eigenvalue weighted by Gasteiger charge is 2.30. The number of benzene rings is 1. The van der Waals surface area contributed by atoms with Gasteiger partial charge in [-0.2, -0.15) is 12.6 Å². The summed E-state index contributed by atoms with van der Waals surface area (Å²) in [5.41, 5.74) is 6.03. The van der Waals surface area contributed by atoms with E-state index in [0.29, 0.717) is 5.56 Å². The molecule has 0 saturated heterocycles. The van der Waals surface area contributed by atoms with Crippen LogP contribution in [-0.4, -0.2) is 86.6 Å². The second kappa shape index (κ2) is 14.0. The number of carbonyl (C=O) groups is 5. The van der Waals surface area contributed by atoms with Crippen molar-refractivity contribution in [3.05, 3.63) is 29.8 Å². The van der Waals surface area contributed by atoms with Crippen LogP contribution in [0.15, 0.2) is 24.3 Å². The minimum Gasteiger partial charge on any atom is -0.508 e. The van der Waals surface area contributed by atoms with Crippen LogP contribution in [0, 0.1) is 0 Å². The van der Waals surface area contributed by atoms with Crippen molar-refractivity contribution in [1.82, 2.24) is 16.0 Å². The zero-order chi connectivity index (χ0) is 25.8. The molecule has 4 atom stereocenters. The lowest BCUT2D eigenvalue weighted by atomic mass is 10.1. The van der Waals surface area contributed by atoms with Crippen LogP contribution in [0.3, 0.4) is 0 Å². The third-order valence-corrected chi connectivity index (χ3v) is 5.01. The maximum Gasteiger partial charge on any atom is 0.326 e. The zero-order valence-corrected chi connectivity index (χ0v) is 18.9. The van der Waals surface area contributed by atoms with Gasteiger partial charge in [-0.1, -0.05) is 12.1 Å². The van der Waals surface area contributed by atoms with Crippen LogP contribution in [0.2, 0.25) is 0 Å². The predicted octanol–water partition coefficient (Wildman–Crippen LogP) is -2.41. The van der Waals surface area contributed by atoms with Crippen LogP contribution in [0.25, 0.3) is 0 Å². The van der Waals surface area contributed by atoms with Gasteiger partial charge in [0.15, 0.2) is 0 Å². The number of aliphatic carboxylic acids is 2. The van der Waals surface area contributed by atoms with E-state index in [1.54, 1.807) is 0 Å². The number of thiol groups is 1. The SMILES string of the molecule is NC(CS)C(=O)NC(CCC(=O)O)C(=O)NC(CO)C(=O)NC(Cc1ccc(O)cc1)C(=O)O. The fraction of sp³-hybridized carbons (Fsp3) is 0.450. The molecule has 4 unspecified atom stereocenters. The Labute approximate surface area is 200 Å². The molecule has 13 nitrogen and oxygen atoms in total. The summed E-state index contributed by atoms with van der Waals surface area (Å²) in [5, 5.41) is 43.8. The van der Waals surface area contributed by atoms with E-state index in [0.717, 1.165) is 0 Å². The summed E-state index contributed by atoms with van der Waals surface area (Å²) in [6.07, 6.45) is -0.963. The van der Waals surface area contributed by atoms with Crippen LogP contribution in [0.1, 0.15) is 18.4 Å². The highest BCUT2D eigenvalue weighted by molar-refractivity contribution is 7.80. The smallest absolute Gasteiger partial charge is 0.326 e. The number of carbonyl (C=O) groups excluding carboxylic acids is 3. The molecule has 0 fully saturated rings. The second-order valence-corrected chi connectivity index (χ2v) is 7.66. The van der Waals surface area contributed by atoms with Crippen LogP contribution >= 0.6 is 12.6 Å². The van der Waals surface area contributed by atoms with Gasteiger partial charge in [0.1, 0.15) is 23.9 Å². The van der Waals surface area contributed by atoms with Crippen molar-refractivity contribution >= 4 is 42.3 Å². The Morgan fingerprint density at radius 3 is 1.91 bits per heavy atom. The standard InChI is InChI=1S/C20H28N4O9S/c21-12(9-34)17(29)22-13(5-6-16(27)28)18(30)24-15(8-25)19(31)23-14(20(32)33)7-10-1-3-11(26)4-2-10/h1-4,12-15,25-26,34H,5-9,21H2,(H,22,29)(H,23,31)(H,24,30)(H,27,28)(H,32,33). The van der Waals surface area contributed by atoms with E-state index in [9.17, 15) is 39.3 Å². The van der Waals surface area contributed by atoms with Gasteiger partial charge in [-0.05, 0) is 24.1 Å². The third-order valence-electron chi connectivity index (χ3n) is 4.62. The Morgan fingerprint density at radius 2 is 1.41 bits per heavy atom. The minimum absolute atomic E-state index is 0.0254. The van der Waals surface area contributed by atoms with E-state index in [1.165, 1.54) is 24.3 Å². The molecule has 0 spiro atoms. The van der Waals surface area contributed by atoms with Crippen molar-refractivity contribution in [2.45, 2.75) is 43.4 Å². The number of amides is 3. The van der Waals surface area contributed by atoms with E-state index in [4.69, 9.17) is 10.8 Å². The first-order chi connectivity index (χ1) is 16.0. The molecule has 9 N–H and O–H groups in total. The van der Waals surface area contributed by atoms with Gasteiger partial charge in [0, 0.05) is 18.6 Å². The van der Waals surface area contributed by atoms with Crippen molar-refractivity contribution in [1.29, 1.82) is 0 Å². The van der Waals surface area contributed by atoms with Crippen molar-refractivity contribution in [3.8, 4) is 5.75 Å². The fourth-order valence-electron chi connectivity index (χ4n) is 2.70. The first-order valence-corrected chi connectivity index (χ1v) is 10.7. The number of aliphatic hydroxyl groups is 1. The Morgan fingerprint density at radius 1 is 0.882 bits per heavy atom. The molecule has 34 heavy (non-hydrogen) atoms. The van der Waals surface area contributed by atoms with Gasteiger partial charge in [0.25, 0.3) is 0 Å². The maximum absolute atomic E-state index is 12.6. The van der Waals surface area contributed by atoms with Gasteiger partial charge >= 0.3 is 11.9 Å². The molecule has 188 valence electrons. The highest BCUT2D eigenvalue weighted by atomic mass is 32.1. The number of carboxylic acids is 2. The Bertz CT molecular complexity index is 881. The summed E-state index contributed by atoms with van der Waals surface area (Å²) in [5.74, 6) is -5.44. The average Bonchev–Trinajstić information content (AvgIpc) is 2.79. The minimum atomic E-state index is -1.59. The summed E-state index contributed by atoms with van der Waals surface area (Å²) >= 11 is 3.87. The number of aliphatic hydroxyl groups excluding tert-OH is 1. The molecule has 0 aliphatic rings. The van der Waals surface area contributed by atoms with Crippen molar-refractivity contribution in [2.75, 3.05) is 12.4 Å². The first kappa shape index (κ1) is 28.7. The molecule has 0 heterocycles. The van der Waals surface area contributed by atoms with Gasteiger partial charge < -0.3 is 42.1 Å². The van der Waals surface area contributed by atoms with Crippen LogP contribution < -0.4 is 21.7 Å². The summed E-state index contributed by atoms with van der Waals surface area (Å²) in [7, 11) is 0. The molecule has 0 aliphatic heterocycles. The lowest BCUT2D eigenvalue weighted by Gasteiger charge is -2.24. The molecular formula is C20H28N4O9S. The van der Waals surface area contributed by atoms with E-state index in [-0.39, 0.29) is 24.3 Å². The second-order valence-electron chi connectivity index (χ2n) is 7.30. The van der Waals surface area contributed by atoms with Gasteiger partial charge in [-0.25, -0.2) is 4.79 Å². The Hall–Kier alpha value is -3.36. The summed E-state index contributed by atoms with van der Waals surface area (Å²) in [6, 6.07) is 0.161. The largest absolute Gasteiger partial charge is 0.508 e. The molecule has 3 amide bonds. The fourth-order valence-corrected chi connectivity index (χ4v) is 2.87. The predicted molar refractivity (Wildman–Crippen MR) is 121 cm³/mol. The number of aromatic hydroxyl groups is 1. The number of phenolic OH excluding ortho intramolecular Hbond substituents is 1. The zero-order valence-electron chi connectivity index (χ0n) is 18.0. The average molecular weight is 501 g/mol. The topological polar surface area (TPSA) is 228 Å². The Balaban J connectivity index is 2.89. The number of nitrogens with one attached hydrogen (secondary N) is 3. The molecular weight excluding hydrogens is 472 g/mol. The summed E-state index contributed by atoms with van der Waals surface area (Å²) in [6.45, 7) is -0.904. The molecule has 0 aliphatic carbocycles. The molecule has 0 radical (unpaired) electrons. The van der Waals surface area contributed by atoms with Gasteiger partial charge in [-0.15, -0.1) is 0 Å². The number of hydrogen-bond donors (Lipinski definition) is 9. The van der Waals surface area contributed by atoms with Crippen molar-refractivity contribution in [3.63, 3.8) is 0 Å². The lowest BCUT2D eigenvalue weighted by Crippen LogP contribution is -2.58. The van der Waals surface area contributed by atoms with E-state index >= 15 is 0 Å². The van der Waals surface area contributed by atoms with E-state index in [1.807, 2.05) is 0 Å². The maximum atomic E-state index is 12.6. The quantitative estimate of drug-likeness (QED) is 0.123. The van der Waals surface area contributed by atoms with Crippen LogP contribution in [0.5, 0.6) is 5.75 Å². The number of nitrogens with two attached hydrogens (primary N) is 1. The van der Waals surface area contributed by atoms with E-state index < -0.39 is 66.9 Å². The lowest BCUT2D eigenvalue weighted by molar-refractivity contribution is -0.142. The first-order valence-electron chi connectivity index (χ1n) is 10.1. The molecule has 1 rings (SSSR count). The van der Waals surface area contributed by atoms with Gasteiger partial charge in [-0.3, -0.25) is 19.2 Å². The monoisotopic (exact) mass is 500 g/mol. The molecule has 0 aromatic heterocycles. The van der Waals surface area contributed by atoms with Gasteiger partial charge in [0.2, 0.25) is 17.7 Å². The number of hydrogen-bond acceptors (Lipinski definition) is 9. The summed E-state index contributed by atoms with van der Waals surface area (Å²) in [4.78, 5) is 59.6. The molecule has 0 bridgehead atoms. The van der Waals surface area contributed by atoms with E-state index in [2.05, 4.69) is 28.6 Å². The molecule has 14 heteroatoms. The van der Waals surface area contributed by atoms with Crippen LogP contribution in [0.4, 0.5) is 0 Å². The number of rotatable bonds is 14. The molecule has 0 saturated carbocycles. The summed E-state index contributed by atoms with van der Waals surface area (Å²) < 4.78 is 0. The number of phenols is 1. The molecule has 1 aromatic rings.